The fraction of sp³-hybridized carbons (Fsp3) is 0.784. The van der Waals surface area contributed by atoms with Crippen LogP contribution in [0.2, 0.25) is 0 Å². The third-order valence-corrected chi connectivity index (χ3v) is 13.2. The summed E-state index contributed by atoms with van der Waals surface area (Å²) in [4.78, 5) is 0.386. The van der Waals surface area contributed by atoms with Crippen molar-refractivity contribution in [1.29, 1.82) is 0 Å². The lowest BCUT2D eigenvalue weighted by Crippen LogP contribution is -2.46. The van der Waals surface area contributed by atoms with Crippen molar-refractivity contribution in [3.63, 3.8) is 0 Å². The average molecular weight is 605 g/mol. The zero-order valence-electron chi connectivity index (χ0n) is 28.2. The molecule has 9 atom stereocenters. The number of aliphatic hydroxyl groups excluding tert-OH is 2. The molecule has 4 aliphatic carbocycles. The van der Waals surface area contributed by atoms with Crippen molar-refractivity contribution in [2.75, 3.05) is 0 Å². The van der Waals surface area contributed by atoms with Gasteiger partial charge in [0.15, 0.2) is 9.84 Å². The number of rotatable bonds is 8. The van der Waals surface area contributed by atoms with Crippen LogP contribution in [0.25, 0.3) is 0 Å². The molecule has 9 unspecified atom stereocenters. The second kappa shape index (κ2) is 17.4. The van der Waals surface area contributed by atoms with E-state index in [-0.39, 0.29) is 6.10 Å². The van der Waals surface area contributed by atoms with Gasteiger partial charge in [0, 0.05) is 0 Å². The summed E-state index contributed by atoms with van der Waals surface area (Å²) in [5, 5.41) is 20.1. The summed E-state index contributed by atoms with van der Waals surface area (Å²) in [5.41, 5.74) is 1.84. The maximum atomic E-state index is 13.6. The lowest BCUT2D eigenvalue weighted by molar-refractivity contribution is -0.0200. The molecule has 4 aliphatic rings. The number of fused-ring (bicyclic) bond motifs is 5. The molecule has 0 saturated heterocycles. The fourth-order valence-electron chi connectivity index (χ4n) is 8.89. The second-order valence-corrected chi connectivity index (χ2v) is 14.9. The third kappa shape index (κ3) is 8.10. The summed E-state index contributed by atoms with van der Waals surface area (Å²) >= 11 is 0. The highest BCUT2D eigenvalue weighted by Crippen LogP contribution is 2.64. The average Bonchev–Trinajstić information content (AvgIpc) is 3.38. The van der Waals surface area contributed by atoms with Gasteiger partial charge in [0.2, 0.25) is 0 Å². The van der Waals surface area contributed by atoms with Crippen LogP contribution in [0, 0.1) is 35.0 Å². The molecule has 0 amide bonds. The molecular weight excluding hydrogens is 540 g/mol. The van der Waals surface area contributed by atoms with E-state index in [0.29, 0.717) is 41.4 Å². The van der Waals surface area contributed by atoms with Gasteiger partial charge in [-0.3, -0.25) is 0 Å². The van der Waals surface area contributed by atoms with Crippen molar-refractivity contribution >= 4 is 9.84 Å². The van der Waals surface area contributed by atoms with E-state index < -0.39 is 21.2 Å². The largest absolute Gasteiger partial charge is 0.393 e. The van der Waals surface area contributed by atoms with E-state index in [2.05, 4.69) is 13.0 Å². The van der Waals surface area contributed by atoms with E-state index in [9.17, 15) is 18.6 Å². The summed E-state index contributed by atoms with van der Waals surface area (Å²) in [6, 6.07) is 8.83. The van der Waals surface area contributed by atoms with Gasteiger partial charge in [-0.1, -0.05) is 85.2 Å². The Morgan fingerprint density at radius 3 is 2.24 bits per heavy atom. The van der Waals surface area contributed by atoms with Crippen molar-refractivity contribution in [2.45, 2.75) is 155 Å². The van der Waals surface area contributed by atoms with Gasteiger partial charge < -0.3 is 10.2 Å². The number of hydrogen-bond acceptors (Lipinski definition) is 4. The molecule has 5 heteroatoms. The van der Waals surface area contributed by atoms with Crippen molar-refractivity contribution in [3.8, 4) is 0 Å². The highest BCUT2D eigenvalue weighted by Gasteiger charge is 2.55. The van der Waals surface area contributed by atoms with Crippen LogP contribution in [0.4, 0.5) is 0 Å². The van der Waals surface area contributed by atoms with E-state index in [0.717, 1.165) is 43.4 Å². The van der Waals surface area contributed by atoms with Crippen LogP contribution in [-0.4, -0.2) is 36.1 Å². The number of allylic oxidation sites excluding steroid dienone is 1. The molecule has 0 radical (unpaired) electrons. The third-order valence-electron chi connectivity index (χ3n) is 11.0. The quantitative estimate of drug-likeness (QED) is 0.290. The molecule has 242 valence electrons. The van der Waals surface area contributed by atoms with Crippen LogP contribution in [0.3, 0.4) is 0 Å². The normalized spacial score (nSPS) is 32.9. The van der Waals surface area contributed by atoms with Crippen molar-refractivity contribution in [2.24, 2.45) is 35.0 Å². The molecule has 0 heterocycles. The van der Waals surface area contributed by atoms with E-state index in [1.165, 1.54) is 37.7 Å². The van der Waals surface area contributed by atoms with E-state index in [1.54, 1.807) is 24.3 Å². The minimum absolute atomic E-state index is 0.139. The van der Waals surface area contributed by atoms with Gasteiger partial charge in [0.1, 0.15) is 0 Å². The first-order chi connectivity index (χ1) is 20.2. The van der Waals surface area contributed by atoms with Gasteiger partial charge in [0.25, 0.3) is 0 Å². The first kappa shape index (κ1) is 37.0. The molecule has 2 N–H and O–H groups in total. The molecule has 0 aromatic heterocycles. The lowest BCUT2D eigenvalue weighted by Gasteiger charge is -2.54. The molecule has 5 rings (SSSR count). The monoisotopic (exact) mass is 604 g/mol. The topological polar surface area (TPSA) is 74.6 Å². The van der Waals surface area contributed by atoms with Crippen LogP contribution in [-0.2, 0) is 9.84 Å². The molecule has 0 bridgehead atoms. The van der Waals surface area contributed by atoms with Gasteiger partial charge >= 0.3 is 0 Å². The maximum Gasteiger partial charge on any atom is 0.181 e. The van der Waals surface area contributed by atoms with E-state index >= 15 is 0 Å². The lowest BCUT2D eigenvalue weighted by atomic mass is 9.51. The van der Waals surface area contributed by atoms with Crippen LogP contribution in [0.15, 0.2) is 46.9 Å². The summed E-state index contributed by atoms with van der Waals surface area (Å²) in [5.74, 6) is 3.51. The Hall–Kier alpha value is -1.17. The Kier molecular flexibility index (Phi) is 15.3. The zero-order valence-corrected chi connectivity index (χ0v) is 29.0. The number of benzene rings is 1. The van der Waals surface area contributed by atoms with Crippen molar-refractivity contribution in [1.82, 2.24) is 0 Å². The molecule has 42 heavy (non-hydrogen) atoms. The van der Waals surface area contributed by atoms with Gasteiger partial charge in [-0.25, -0.2) is 8.42 Å². The first-order valence-electron chi connectivity index (χ1n) is 17.6. The molecule has 1 aromatic rings. The van der Waals surface area contributed by atoms with Crippen LogP contribution in [0.5, 0.6) is 0 Å². The Morgan fingerprint density at radius 2 is 1.60 bits per heavy atom. The van der Waals surface area contributed by atoms with Crippen LogP contribution >= 0.6 is 0 Å². The number of aliphatic hydroxyl groups is 2. The molecule has 3 saturated carbocycles. The predicted octanol–water partition coefficient (Wildman–Crippen LogP) is 9.40. The summed E-state index contributed by atoms with van der Waals surface area (Å²) in [6.45, 7) is 16.4. The Bertz CT molecular complexity index is 1040. The van der Waals surface area contributed by atoms with Crippen LogP contribution < -0.4 is 0 Å². The zero-order chi connectivity index (χ0) is 31.5. The summed E-state index contributed by atoms with van der Waals surface area (Å²) in [6.07, 6.45) is 13.4. The molecule has 3 fully saturated rings. The highest BCUT2D eigenvalue weighted by molar-refractivity contribution is 7.92. The highest BCUT2D eigenvalue weighted by atomic mass is 32.2. The summed E-state index contributed by atoms with van der Waals surface area (Å²) < 4.78 is 27.1. The summed E-state index contributed by atoms with van der Waals surface area (Å²) in [7, 11) is -3.47. The van der Waals surface area contributed by atoms with Gasteiger partial charge in [-0.2, -0.15) is 0 Å². The fourth-order valence-corrected chi connectivity index (χ4v) is 10.7. The number of hydrogen-bond donors (Lipinski definition) is 2. The van der Waals surface area contributed by atoms with Gasteiger partial charge in [-0.15, -0.1) is 0 Å². The Labute approximate surface area is 259 Å². The predicted molar refractivity (Wildman–Crippen MR) is 178 cm³/mol. The van der Waals surface area contributed by atoms with Crippen LogP contribution in [0.1, 0.15) is 132 Å². The van der Waals surface area contributed by atoms with E-state index in [4.69, 9.17) is 0 Å². The molecule has 0 aliphatic heterocycles. The first-order valence-corrected chi connectivity index (χ1v) is 19.1. The minimum Gasteiger partial charge on any atom is -0.393 e. The molecule has 1 aromatic carbocycles. The SMILES string of the molecule is CC.CC.CC.CCC(O)CC(CCC1CCC2C3CC=C4CC(O)CCC4C3CCC12C)S(=O)(=O)c1ccccc1. The van der Waals surface area contributed by atoms with E-state index in [1.807, 2.05) is 54.5 Å². The second-order valence-electron chi connectivity index (χ2n) is 12.7. The van der Waals surface area contributed by atoms with Gasteiger partial charge in [-0.05, 0) is 124 Å². The molecular formula is C37H64O4S. The molecule has 4 nitrogen and oxygen atoms in total. The van der Waals surface area contributed by atoms with Crippen molar-refractivity contribution < 1.29 is 18.6 Å². The van der Waals surface area contributed by atoms with Crippen molar-refractivity contribution in [3.05, 3.63) is 42.0 Å². The van der Waals surface area contributed by atoms with Gasteiger partial charge in [0.05, 0.1) is 22.4 Å². The Morgan fingerprint density at radius 1 is 0.929 bits per heavy atom. The Balaban J connectivity index is 0.000000966. The maximum absolute atomic E-state index is 13.6. The number of sulfone groups is 1. The standard InChI is InChI=1S/C31H46O4S.3C2H6/c1-3-23(32)20-26(36(34,35)25-7-5-4-6-8-25)13-10-22-11-16-30-29-14-9-21-19-24(33)12-15-27(21)28(29)17-18-31(22,30)2;3*1-2/h4-9,22-24,26-30,32-33H,3,10-20H2,1-2H3;3*1-2H3. The minimum atomic E-state index is -3.47. The smallest absolute Gasteiger partial charge is 0.181 e. The molecule has 0 spiro atoms.